The normalized spacial score (nSPS) is 11.7. The van der Waals surface area contributed by atoms with Crippen molar-refractivity contribution in [1.82, 2.24) is 10.6 Å². The van der Waals surface area contributed by atoms with Crippen LogP contribution >= 0.6 is 0 Å². The van der Waals surface area contributed by atoms with E-state index in [4.69, 9.17) is 9.52 Å². The Bertz CT molecular complexity index is 973. The third-order valence-electron chi connectivity index (χ3n) is 5.53. The number of benzene rings is 2. The lowest BCUT2D eigenvalue weighted by Crippen LogP contribution is -2.41. The lowest BCUT2D eigenvalue weighted by molar-refractivity contribution is 0.181. The topological polar surface area (TPSA) is 107 Å². The number of unbranched alkanes of at least 4 members (excludes halogenated alkanes) is 2. The van der Waals surface area contributed by atoms with Crippen LogP contribution < -0.4 is 16.0 Å². The molecular weight excluding hydrogens is 430 g/mol. The minimum absolute atomic E-state index is 0.0710. The summed E-state index contributed by atoms with van der Waals surface area (Å²) in [6.07, 6.45) is 3.93. The van der Waals surface area contributed by atoms with Crippen molar-refractivity contribution >= 4 is 11.9 Å². The van der Waals surface area contributed by atoms with E-state index < -0.39 is 6.10 Å². The molecule has 1 unspecified atom stereocenters. The third kappa shape index (κ3) is 9.29. The van der Waals surface area contributed by atoms with E-state index in [2.05, 4.69) is 28.1 Å². The van der Waals surface area contributed by atoms with Crippen LogP contribution in [0.1, 0.15) is 41.7 Å². The van der Waals surface area contributed by atoms with E-state index in [0.29, 0.717) is 18.8 Å². The maximum atomic E-state index is 11.9. The van der Waals surface area contributed by atoms with Gasteiger partial charge in [-0.3, -0.25) is 0 Å². The van der Waals surface area contributed by atoms with Gasteiger partial charge in [0.25, 0.3) is 0 Å². The van der Waals surface area contributed by atoms with Crippen LogP contribution in [0, 0.1) is 0 Å². The van der Waals surface area contributed by atoms with Gasteiger partial charge in [-0.15, -0.1) is 0 Å². The van der Waals surface area contributed by atoms with E-state index in [1.54, 1.807) is 0 Å². The quantitative estimate of drug-likeness (QED) is 0.233. The van der Waals surface area contributed by atoms with Crippen molar-refractivity contribution in [2.75, 3.05) is 25.0 Å². The number of carbonyl (C=O) groups excluding carboxylic acids is 1. The standard InChI is InChI=1S/C27H35N3O4/c31-20-23-12-10-21(11-13-23)7-5-2-6-16-28-27(33)30-19-24(32)18-29-26-15-14-25(34-26)17-22-8-3-1-4-9-22/h1,3-4,8-15,24,29,31-32H,2,5-7,16-20H2,(H2,28,30,33). The Kier molecular flexibility index (Phi) is 10.5. The lowest BCUT2D eigenvalue weighted by Gasteiger charge is -2.13. The van der Waals surface area contributed by atoms with Gasteiger partial charge in [0.05, 0.1) is 12.7 Å². The van der Waals surface area contributed by atoms with Crippen molar-refractivity contribution in [1.29, 1.82) is 0 Å². The summed E-state index contributed by atoms with van der Waals surface area (Å²) in [5.74, 6) is 1.44. The zero-order valence-corrected chi connectivity index (χ0v) is 19.5. The number of aliphatic hydroxyl groups excluding tert-OH is 2. The first-order valence-electron chi connectivity index (χ1n) is 11.9. The molecule has 5 N–H and O–H groups in total. The minimum Gasteiger partial charge on any atom is -0.445 e. The summed E-state index contributed by atoms with van der Waals surface area (Å²) in [4.78, 5) is 11.9. The summed E-state index contributed by atoms with van der Waals surface area (Å²) in [6.45, 7) is 1.10. The van der Waals surface area contributed by atoms with Gasteiger partial charge < -0.3 is 30.6 Å². The van der Waals surface area contributed by atoms with E-state index in [1.807, 2.05) is 54.6 Å². The predicted molar refractivity (Wildman–Crippen MR) is 134 cm³/mol. The van der Waals surface area contributed by atoms with Crippen LogP contribution in [0.25, 0.3) is 0 Å². The first-order chi connectivity index (χ1) is 16.6. The van der Waals surface area contributed by atoms with E-state index in [1.165, 1.54) is 11.1 Å². The van der Waals surface area contributed by atoms with Gasteiger partial charge in [0, 0.05) is 32.1 Å². The molecule has 1 atom stereocenters. The van der Waals surface area contributed by atoms with Crippen LogP contribution in [0.5, 0.6) is 0 Å². The van der Waals surface area contributed by atoms with Crippen LogP contribution in [0.3, 0.4) is 0 Å². The Morgan fingerprint density at radius 3 is 2.35 bits per heavy atom. The maximum absolute atomic E-state index is 11.9. The number of hydrogen-bond acceptors (Lipinski definition) is 5. The fourth-order valence-electron chi connectivity index (χ4n) is 3.57. The molecule has 2 amide bonds. The lowest BCUT2D eigenvalue weighted by atomic mass is 10.1. The van der Waals surface area contributed by atoms with Gasteiger partial charge in [-0.2, -0.15) is 0 Å². The molecule has 2 aromatic carbocycles. The summed E-state index contributed by atoms with van der Waals surface area (Å²) in [5, 5.41) is 27.8. The zero-order chi connectivity index (χ0) is 24.0. The molecule has 0 radical (unpaired) electrons. The molecule has 3 rings (SSSR count). The summed E-state index contributed by atoms with van der Waals surface area (Å²) < 4.78 is 5.76. The highest BCUT2D eigenvalue weighted by molar-refractivity contribution is 5.73. The highest BCUT2D eigenvalue weighted by Gasteiger charge is 2.09. The van der Waals surface area contributed by atoms with Crippen molar-refractivity contribution in [3.05, 3.63) is 89.2 Å². The number of hydrogen-bond donors (Lipinski definition) is 5. The molecule has 0 spiro atoms. The molecule has 0 aliphatic rings. The predicted octanol–water partition coefficient (Wildman–Crippen LogP) is 3.85. The number of furan rings is 1. The molecule has 7 nitrogen and oxygen atoms in total. The number of amides is 2. The summed E-state index contributed by atoms with van der Waals surface area (Å²) in [5.41, 5.74) is 3.36. The Hall–Kier alpha value is -3.29. The van der Waals surface area contributed by atoms with E-state index >= 15 is 0 Å². The highest BCUT2D eigenvalue weighted by atomic mass is 16.4. The monoisotopic (exact) mass is 465 g/mol. The molecule has 0 saturated heterocycles. The van der Waals surface area contributed by atoms with Crippen molar-refractivity contribution in [3.63, 3.8) is 0 Å². The van der Waals surface area contributed by atoms with Crippen LogP contribution in [-0.2, 0) is 19.4 Å². The molecule has 1 aromatic heterocycles. The van der Waals surface area contributed by atoms with Gasteiger partial charge in [-0.25, -0.2) is 4.79 Å². The van der Waals surface area contributed by atoms with Crippen molar-refractivity contribution < 1.29 is 19.4 Å². The molecule has 0 bridgehead atoms. The maximum Gasteiger partial charge on any atom is 0.314 e. The average molecular weight is 466 g/mol. The second-order valence-corrected chi connectivity index (χ2v) is 8.39. The van der Waals surface area contributed by atoms with Crippen LogP contribution in [0.2, 0.25) is 0 Å². The summed E-state index contributed by atoms with van der Waals surface area (Å²) in [6, 6.07) is 21.6. The third-order valence-corrected chi connectivity index (χ3v) is 5.53. The first kappa shape index (κ1) is 25.3. The minimum atomic E-state index is -0.731. The second kappa shape index (κ2) is 14.1. The van der Waals surface area contributed by atoms with Crippen molar-refractivity contribution in [3.8, 4) is 0 Å². The number of carbonyl (C=O) groups is 1. The largest absolute Gasteiger partial charge is 0.445 e. The Morgan fingerprint density at radius 1 is 0.824 bits per heavy atom. The molecule has 182 valence electrons. The van der Waals surface area contributed by atoms with Crippen molar-refractivity contribution in [2.45, 2.75) is 44.8 Å². The average Bonchev–Trinajstić information content (AvgIpc) is 3.31. The van der Waals surface area contributed by atoms with Gasteiger partial charge in [-0.1, -0.05) is 61.0 Å². The molecule has 0 saturated carbocycles. The smallest absolute Gasteiger partial charge is 0.314 e. The van der Waals surface area contributed by atoms with Gasteiger partial charge in [-0.05, 0) is 42.0 Å². The number of anilines is 1. The number of aliphatic hydroxyl groups is 2. The molecule has 34 heavy (non-hydrogen) atoms. The Balaban J connectivity index is 1.21. The van der Waals surface area contributed by atoms with Crippen LogP contribution in [0.15, 0.2) is 71.1 Å². The highest BCUT2D eigenvalue weighted by Crippen LogP contribution is 2.17. The number of rotatable bonds is 14. The molecular formula is C27H35N3O4. The van der Waals surface area contributed by atoms with E-state index in [0.717, 1.165) is 37.0 Å². The molecule has 7 heteroatoms. The molecule has 0 aliphatic carbocycles. The van der Waals surface area contributed by atoms with Crippen LogP contribution in [-0.4, -0.2) is 42.0 Å². The fourth-order valence-corrected chi connectivity index (χ4v) is 3.57. The molecule has 3 aromatic rings. The van der Waals surface area contributed by atoms with E-state index in [9.17, 15) is 9.90 Å². The van der Waals surface area contributed by atoms with Gasteiger partial charge in [0.15, 0.2) is 5.88 Å². The molecule has 0 fully saturated rings. The first-order valence-corrected chi connectivity index (χ1v) is 11.9. The molecule has 0 aliphatic heterocycles. The van der Waals surface area contributed by atoms with Crippen molar-refractivity contribution in [2.24, 2.45) is 0 Å². The Labute approximate surface area is 201 Å². The SMILES string of the molecule is O=C(NCCCCCc1ccc(CO)cc1)NCC(O)CNc1ccc(Cc2ccccc2)o1. The van der Waals surface area contributed by atoms with Gasteiger partial charge >= 0.3 is 6.03 Å². The Morgan fingerprint density at radius 2 is 1.59 bits per heavy atom. The van der Waals surface area contributed by atoms with Crippen LogP contribution in [0.4, 0.5) is 10.7 Å². The molecule has 1 heterocycles. The zero-order valence-electron chi connectivity index (χ0n) is 19.5. The fraction of sp³-hybridized carbons (Fsp3) is 0.370. The number of nitrogens with one attached hydrogen (secondary N) is 3. The number of urea groups is 1. The summed E-state index contributed by atoms with van der Waals surface area (Å²) >= 11 is 0. The summed E-state index contributed by atoms with van der Waals surface area (Å²) in [7, 11) is 0. The van der Waals surface area contributed by atoms with E-state index in [-0.39, 0.29) is 25.7 Å². The second-order valence-electron chi connectivity index (χ2n) is 8.39. The van der Waals surface area contributed by atoms with Gasteiger partial charge in [0.1, 0.15) is 5.76 Å². The van der Waals surface area contributed by atoms with Gasteiger partial charge in [0.2, 0.25) is 0 Å². The number of aryl methyl sites for hydroxylation is 1.